The topological polar surface area (TPSA) is 247 Å². The highest BCUT2D eigenvalue weighted by Crippen LogP contribution is 2.65. The number of nitrogens with two attached hydrogens (primary N) is 1. The molecule has 9 atom stereocenters. The zero-order chi connectivity index (χ0) is 52.2. The van der Waals surface area contributed by atoms with Crippen molar-refractivity contribution in [1.82, 2.24) is 31.9 Å². The fourth-order valence-corrected chi connectivity index (χ4v) is 10.2. The van der Waals surface area contributed by atoms with E-state index in [1.54, 1.807) is 32.9 Å². The van der Waals surface area contributed by atoms with Gasteiger partial charge in [0.25, 0.3) is 5.91 Å². The second kappa shape index (κ2) is 25.2. The molecule has 5 fully saturated rings. The smallest absolute Gasteiger partial charge is 0.444 e. The standard InChI is InChI=1S/C53H80BN7O11/c1-9-10-15-34-17-19-35(20-18-34)36-21-23-37(24-22-36)45(63)59-39(16-11-12-26-56-50(67)70-51(3,4)5)46(64)60-41-32-69-28-14-13-27-68-29-25-40(58-44(62)33(2)57-48(41)66)47(65)61-49(55)54-71-43-31-38-30-42(52(38,6)7)53(43,8)72-54/h17-24,33,38-43,49H,9-16,25-32,55H2,1-8H3,(H,56,67)(H,57,66)(H,58,62)(H,59,63)(H,60,64)(H,61,65)/t33-,38-,39-,40-,41-,42-,43+,49+,53-/m0/s1. The largest absolute Gasteiger partial charge is 0.497 e. The minimum atomic E-state index is -1.27. The van der Waals surface area contributed by atoms with Gasteiger partial charge in [-0.05, 0) is 145 Å². The lowest BCUT2D eigenvalue weighted by molar-refractivity contribution is -0.199. The zero-order valence-corrected chi connectivity index (χ0v) is 43.7. The van der Waals surface area contributed by atoms with Gasteiger partial charge in [0.15, 0.2) is 0 Å². The normalized spacial score (nSPS) is 26.6. The van der Waals surface area contributed by atoms with Gasteiger partial charge >= 0.3 is 13.2 Å². The first-order valence-corrected chi connectivity index (χ1v) is 26.1. The second-order valence-corrected chi connectivity index (χ2v) is 21.7. The fraction of sp³-hybridized carbons (Fsp3) is 0.660. The summed E-state index contributed by atoms with van der Waals surface area (Å²) >= 11 is 0. The van der Waals surface area contributed by atoms with Crippen molar-refractivity contribution in [3.63, 3.8) is 0 Å². The molecule has 8 N–H and O–H groups in total. The Morgan fingerprint density at radius 1 is 0.875 bits per heavy atom. The van der Waals surface area contributed by atoms with Crippen molar-refractivity contribution in [3.05, 3.63) is 59.7 Å². The molecule has 3 saturated carbocycles. The van der Waals surface area contributed by atoms with Gasteiger partial charge in [-0.2, -0.15) is 0 Å². The maximum atomic E-state index is 14.2. The molecule has 5 aliphatic rings. The summed E-state index contributed by atoms with van der Waals surface area (Å²) in [6, 6.07) is 9.83. The second-order valence-electron chi connectivity index (χ2n) is 21.7. The summed E-state index contributed by atoms with van der Waals surface area (Å²) in [6.07, 6.45) is 6.79. The number of amides is 6. The number of benzene rings is 2. The summed E-state index contributed by atoms with van der Waals surface area (Å²) in [4.78, 5) is 81.8. The monoisotopic (exact) mass is 1000 g/mol. The van der Waals surface area contributed by atoms with Crippen LogP contribution in [0.25, 0.3) is 11.1 Å². The lowest BCUT2D eigenvalue weighted by Gasteiger charge is -2.64. The summed E-state index contributed by atoms with van der Waals surface area (Å²) in [7, 11) is -0.880. The van der Waals surface area contributed by atoms with E-state index in [9.17, 15) is 28.8 Å². The van der Waals surface area contributed by atoms with Crippen molar-refractivity contribution in [2.24, 2.45) is 23.0 Å². The third-order valence-electron chi connectivity index (χ3n) is 14.7. The van der Waals surface area contributed by atoms with Crippen LogP contribution in [0.15, 0.2) is 48.5 Å². The first-order valence-electron chi connectivity index (χ1n) is 26.1. The van der Waals surface area contributed by atoms with Crippen LogP contribution in [0.2, 0.25) is 0 Å². The molecule has 18 nitrogen and oxygen atoms in total. The van der Waals surface area contributed by atoms with Crippen LogP contribution in [0, 0.1) is 17.3 Å². The maximum absolute atomic E-state index is 14.2. The number of ether oxygens (including phenoxy) is 3. The van der Waals surface area contributed by atoms with Crippen molar-refractivity contribution in [1.29, 1.82) is 0 Å². The first-order chi connectivity index (χ1) is 34.2. The lowest BCUT2D eigenvalue weighted by Crippen LogP contribution is -2.65. The fourth-order valence-electron chi connectivity index (χ4n) is 10.2. The zero-order valence-electron chi connectivity index (χ0n) is 43.7. The molecule has 2 bridgehead atoms. The third kappa shape index (κ3) is 15.0. The van der Waals surface area contributed by atoms with E-state index >= 15 is 0 Å². The summed E-state index contributed by atoms with van der Waals surface area (Å²) in [5, 5.41) is 16.5. The van der Waals surface area contributed by atoms with Crippen molar-refractivity contribution in [2.75, 3.05) is 33.0 Å². The Kier molecular flexibility index (Phi) is 19.7. The molecule has 19 heteroatoms. The van der Waals surface area contributed by atoms with E-state index < -0.39 is 84.2 Å². The predicted molar refractivity (Wildman–Crippen MR) is 273 cm³/mol. The number of rotatable bonds is 16. The molecule has 7 rings (SSSR count). The molecular formula is C53H80BN7O11. The molecule has 0 radical (unpaired) electrons. The van der Waals surface area contributed by atoms with Crippen LogP contribution in [0.1, 0.15) is 136 Å². The SMILES string of the molecule is CCCCc1ccc(-c2ccc(C(=O)N[C@@H](CCCCNC(=O)OC(C)(C)C)C(=O)N[C@H]3COCCCCOCC[C@@H](C(=O)N[C@@H](N)B4O[C@@H]5C[C@@H]6C[C@@H](C6(C)C)[C@]5(C)O4)NC(=O)[C@H](C)NC3=O)cc2)cc1. The number of aryl methyl sites for hydroxylation is 1. The number of hydrogen-bond acceptors (Lipinski definition) is 12. The van der Waals surface area contributed by atoms with Crippen LogP contribution in [-0.2, 0) is 49.1 Å². The van der Waals surface area contributed by atoms with Gasteiger partial charge in [0.2, 0.25) is 23.6 Å². The molecule has 0 unspecified atom stereocenters. The molecule has 0 aromatic heterocycles. The molecule has 72 heavy (non-hydrogen) atoms. The van der Waals surface area contributed by atoms with E-state index in [0.717, 1.165) is 43.2 Å². The minimum Gasteiger partial charge on any atom is -0.444 e. The molecule has 0 spiro atoms. The van der Waals surface area contributed by atoms with E-state index in [1.807, 2.05) is 12.1 Å². The van der Waals surface area contributed by atoms with Crippen molar-refractivity contribution in [2.45, 2.75) is 174 Å². The molecule has 2 saturated heterocycles. The minimum absolute atomic E-state index is 0.117. The van der Waals surface area contributed by atoms with Gasteiger partial charge < -0.3 is 61.2 Å². The van der Waals surface area contributed by atoms with Crippen LogP contribution < -0.4 is 37.6 Å². The van der Waals surface area contributed by atoms with Crippen LogP contribution in [0.3, 0.4) is 0 Å². The van der Waals surface area contributed by atoms with Crippen LogP contribution in [0.5, 0.6) is 0 Å². The summed E-state index contributed by atoms with van der Waals surface area (Å²) in [6.45, 7) is 16.3. The Labute approximate surface area is 425 Å². The van der Waals surface area contributed by atoms with E-state index in [-0.39, 0.29) is 50.7 Å². The van der Waals surface area contributed by atoms with Crippen LogP contribution >= 0.6 is 0 Å². The average molecular weight is 1000 g/mol. The summed E-state index contributed by atoms with van der Waals surface area (Å²) in [5.74, 6) is -2.25. The quantitative estimate of drug-likeness (QED) is 0.0678. The first kappa shape index (κ1) is 56.2. The highest BCUT2D eigenvalue weighted by Gasteiger charge is 2.68. The van der Waals surface area contributed by atoms with Gasteiger partial charge in [-0.1, -0.05) is 63.6 Å². The number of unbranched alkanes of at least 4 members (excludes halogenated alkanes) is 2. The van der Waals surface area contributed by atoms with Crippen molar-refractivity contribution in [3.8, 4) is 11.1 Å². The summed E-state index contributed by atoms with van der Waals surface area (Å²) in [5.41, 5.74) is 8.98. The van der Waals surface area contributed by atoms with Gasteiger partial charge in [-0.25, -0.2) is 4.79 Å². The molecule has 6 amide bonds. The number of hydrogen-bond donors (Lipinski definition) is 7. The van der Waals surface area contributed by atoms with Crippen molar-refractivity contribution >= 4 is 42.7 Å². The molecule has 2 heterocycles. The maximum Gasteiger partial charge on any atom is 0.497 e. The van der Waals surface area contributed by atoms with Crippen molar-refractivity contribution < 1.29 is 52.3 Å². The highest BCUT2D eigenvalue weighted by atomic mass is 16.7. The average Bonchev–Trinajstić information content (AvgIpc) is 3.70. The van der Waals surface area contributed by atoms with Gasteiger partial charge in [0.1, 0.15) is 35.8 Å². The Morgan fingerprint density at radius 2 is 1.56 bits per heavy atom. The Bertz CT molecular complexity index is 2170. The highest BCUT2D eigenvalue weighted by molar-refractivity contribution is 6.47. The van der Waals surface area contributed by atoms with Crippen LogP contribution in [-0.4, -0.2) is 123 Å². The lowest BCUT2D eigenvalue weighted by atomic mass is 9.43. The van der Waals surface area contributed by atoms with Crippen LogP contribution in [0.4, 0.5) is 4.79 Å². The molecule has 396 valence electrons. The van der Waals surface area contributed by atoms with Gasteiger partial charge in [0.05, 0.1) is 18.3 Å². The number of carbonyl (C=O) groups is 6. The van der Waals surface area contributed by atoms with E-state index in [4.69, 9.17) is 29.3 Å². The van der Waals surface area contributed by atoms with E-state index in [1.165, 1.54) is 12.5 Å². The number of carbonyl (C=O) groups excluding carboxylic acids is 6. The Balaban J connectivity index is 1.09. The predicted octanol–water partition coefficient (Wildman–Crippen LogP) is 4.85. The molecule has 2 aromatic carbocycles. The molecule has 3 aliphatic carbocycles. The van der Waals surface area contributed by atoms with Gasteiger partial charge in [0, 0.05) is 31.9 Å². The van der Waals surface area contributed by atoms with Gasteiger partial charge in [-0.15, -0.1) is 0 Å². The van der Waals surface area contributed by atoms with E-state index in [0.29, 0.717) is 49.7 Å². The molecule has 2 aliphatic heterocycles. The van der Waals surface area contributed by atoms with Gasteiger partial charge in [-0.3, -0.25) is 24.0 Å². The Morgan fingerprint density at radius 3 is 2.22 bits per heavy atom. The third-order valence-corrected chi connectivity index (χ3v) is 14.7. The summed E-state index contributed by atoms with van der Waals surface area (Å²) < 4.78 is 29.8. The molecular weight excluding hydrogens is 921 g/mol. The number of alkyl carbamates (subject to hydrolysis) is 1. The molecule has 2 aromatic rings. The van der Waals surface area contributed by atoms with E-state index in [2.05, 4.69) is 83.9 Å². The Hall–Kier alpha value is -5.08. The number of nitrogens with one attached hydrogen (secondary N) is 6.